The normalized spacial score (nSPS) is 20.3. The van der Waals surface area contributed by atoms with Crippen LogP contribution in [0.15, 0.2) is 12.3 Å². The fraction of sp³-hybridized carbons (Fsp3) is 0.538. The third kappa shape index (κ3) is 2.44. The second kappa shape index (κ2) is 4.51. The number of anilines is 1. The van der Waals surface area contributed by atoms with Gasteiger partial charge in [0.25, 0.3) is 0 Å². The molecule has 1 aromatic rings. The van der Waals surface area contributed by atoms with E-state index in [1.165, 1.54) is 0 Å². The van der Waals surface area contributed by atoms with Crippen LogP contribution < -0.4 is 11.2 Å². The van der Waals surface area contributed by atoms with Gasteiger partial charge in [0.05, 0.1) is 29.4 Å². The van der Waals surface area contributed by atoms with Crippen molar-refractivity contribution in [2.75, 3.05) is 5.73 Å². The first-order valence-corrected chi connectivity index (χ1v) is 6.24. The van der Waals surface area contributed by atoms with Gasteiger partial charge in [-0.2, -0.15) is 5.26 Å². The topological polar surface area (TPSA) is 81.2 Å². The van der Waals surface area contributed by atoms with Gasteiger partial charge in [-0.15, -0.1) is 0 Å². The number of hydrogen-bond acceptors (Lipinski definition) is 5. The fourth-order valence-corrected chi connectivity index (χ4v) is 1.88. The summed E-state index contributed by atoms with van der Waals surface area (Å²) in [5.41, 5.74) is 7.03. The molecule has 2 heterocycles. The molecule has 2 rings (SSSR count). The van der Waals surface area contributed by atoms with Crippen molar-refractivity contribution in [3.05, 3.63) is 18.0 Å². The molecule has 6 heteroatoms. The van der Waals surface area contributed by atoms with Crippen LogP contribution in [0.3, 0.4) is 0 Å². The number of hydrogen-bond donors (Lipinski definition) is 1. The Kier molecular flexibility index (Phi) is 3.29. The molecule has 1 saturated heterocycles. The van der Waals surface area contributed by atoms with Crippen molar-refractivity contribution in [3.8, 4) is 6.07 Å². The van der Waals surface area contributed by atoms with Gasteiger partial charge in [0.15, 0.2) is 0 Å². The van der Waals surface area contributed by atoms with Crippen molar-refractivity contribution < 1.29 is 9.31 Å². The van der Waals surface area contributed by atoms with Gasteiger partial charge in [0.2, 0.25) is 0 Å². The van der Waals surface area contributed by atoms with E-state index in [9.17, 15) is 0 Å². The van der Waals surface area contributed by atoms with E-state index in [-0.39, 0.29) is 6.42 Å². The lowest BCUT2D eigenvalue weighted by molar-refractivity contribution is 0.00578. The first-order chi connectivity index (χ1) is 8.77. The molecule has 1 aliphatic heterocycles. The average molecular weight is 259 g/mol. The van der Waals surface area contributed by atoms with Crippen molar-refractivity contribution in [1.29, 1.82) is 5.26 Å². The predicted octanol–water partition coefficient (Wildman–Crippen LogP) is 1.03. The van der Waals surface area contributed by atoms with E-state index >= 15 is 0 Å². The van der Waals surface area contributed by atoms with Crippen molar-refractivity contribution in [2.24, 2.45) is 0 Å². The lowest BCUT2D eigenvalue weighted by Gasteiger charge is -2.32. The number of nitrogens with two attached hydrogens (primary N) is 1. The summed E-state index contributed by atoms with van der Waals surface area (Å²) in [6.45, 7) is 7.95. The minimum atomic E-state index is -0.523. The standard InChI is InChI=1S/C13H18BN3O2/c1-12(2)13(3,4)19-14(18-12)10-7-9(5-6-15)17-8-11(10)16/h7-8H,5,16H2,1-4H3. The van der Waals surface area contributed by atoms with Crippen LogP contribution in [0.5, 0.6) is 0 Å². The molecule has 1 aromatic heterocycles. The molecule has 0 aromatic carbocycles. The molecule has 0 spiro atoms. The van der Waals surface area contributed by atoms with Gasteiger partial charge in [0, 0.05) is 17.3 Å². The maximum absolute atomic E-state index is 8.73. The van der Waals surface area contributed by atoms with Crippen LogP contribution in [0.4, 0.5) is 5.69 Å². The summed E-state index contributed by atoms with van der Waals surface area (Å²) in [5, 5.41) is 8.73. The molecule has 0 bridgehead atoms. The first kappa shape index (κ1) is 13.8. The second-order valence-corrected chi connectivity index (χ2v) is 5.73. The molecular formula is C13H18BN3O2. The monoisotopic (exact) mass is 259 g/mol. The molecule has 0 amide bonds. The SMILES string of the molecule is CC1(C)OB(c2cc(CC#N)ncc2N)OC1(C)C. The van der Waals surface area contributed by atoms with E-state index in [0.717, 1.165) is 5.46 Å². The average Bonchev–Trinajstić information content (AvgIpc) is 2.51. The smallest absolute Gasteiger partial charge is 0.399 e. The Hall–Kier alpha value is -1.58. The highest BCUT2D eigenvalue weighted by molar-refractivity contribution is 6.63. The van der Waals surface area contributed by atoms with E-state index in [1.807, 2.05) is 27.7 Å². The third-order valence-corrected chi connectivity index (χ3v) is 3.79. The summed E-state index contributed by atoms with van der Waals surface area (Å²) in [7, 11) is -0.523. The Bertz CT molecular complexity index is 521. The van der Waals surface area contributed by atoms with Crippen LogP contribution in [0, 0.1) is 11.3 Å². The number of nitrogen functional groups attached to an aromatic ring is 1. The number of rotatable bonds is 2. The summed E-state index contributed by atoms with van der Waals surface area (Å²) < 4.78 is 11.9. The second-order valence-electron chi connectivity index (χ2n) is 5.73. The third-order valence-electron chi connectivity index (χ3n) is 3.79. The van der Waals surface area contributed by atoms with Crippen molar-refractivity contribution in [1.82, 2.24) is 4.98 Å². The van der Waals surface area contributed by atoms with Crippen molar-refractivity contribution in [3.63, 3.8) is 0 Å². The highest BCUT2D eigenvalue weighted by atomic mass is 16.7. The van der Waals surface area contributed by atoms with Crippen LogP contribution in [0.25, 0.3) is 0 Å². The van der Waals surface area contributed by atoms with Gasteiger partial charge in [-0.05, 0) is 33.8 Å². The van der Waals surface area contributed by atoms with Gasteiger partial charge in [-0.3, -0.25) is 4.98 Å². The Balaban J connectivity index is 2.34. The van der Waals surface area contributed by atoms with Gasteiger partial charge in [-0.25, -0.2) is 0 Å². The molecule has 5 nitrogen and oxygen atoms in total. The molecule has 0 unspecified atom stereocenters. The van der Waals surface area contributed by atoms with E-state index in [4.69, 9.17) is 20.3 Å². The quantitative estimate of drug-likeness (QED) is 0.802. The summed E-state index contributed by atoms with van der Waals surface area (Å²) in [5.74, 6) is 0. The number of nitrogens with zero attached hydrogens (tertiary/aromatic N) is 2. The number of aromatic nitrogens is 1. The van der Waals surface area contributed by atoms with Gasteiger partial charge in [0.1, 0.15) is 0 Å². The van der Waals surface area contributed by atoms with Crippen LogP contribution in [0.1, 0.15) is 33.4 Å². The van der Waals surface area contributed by atoms with E-state index in [2.05, 4.69) is 11.1 Å². The first-order valence-electron chi connectivity index (χ1n) is 6.24. The lowest BCUT2D eigenvalue weighted by atomic mass is 9.78. The summed E-state index contributed by atoms with van der Waals surface area (Å²) in [6, 6.07) is 3.85. The Morgan fingerprint density at radius 2 is 1.89 bits per heavy atom. The maximum atomic E-state index is 8.73. The molecule has 2 N–H and O–H groups in total. The highest BCUT2D eigenvalue weighted by Gasteiger charge is 2.52. The number of nitriles is 1. The van der Waals surface area contributed by atoms with Gasteiger partial charge < -0.3 is 15.0 Å². The largest absolute Gasteiger partial charge is 0.497 e. The van der Waals surface area contributed by atoms with Gasteiger partial charge in [-0.1, -0.05) is 0 Å². The Labute approximate surface area is 113 Å². The lowest BCUT2D eigenvalue weighted by Crippen LogP contribution is -2.41. The zero-order valence-corrected chi connectivity index (χ0v) is 11.7. The summed E-state index contributed by atoms with van der Waals surface area (Å²) >= 11 is 0. The molecule has 0 aliphatic carbocycles. The molecule has 1 aliphatic rings. The molecule has 0 radical (unpaired) electrons. The van der Waals surface area contributed by atoms with E-state index in [0.29, 0.717) is 11.4 Å². The highest BCUT2D eigenvalue weighted by Crippen LogP contribution is 2.36. The zero-order valence-electron chi connectivity index (χ0n) is 11.7. The fourth-order valence-electron chi connectivity index (χ4n) is 1.88. The van der Waals surface area contributed by atoms with E-state index < -0.39 is 18.3 Å². The minimum Gasteiger partial charge on any atom is -0.399 e. The molecule has 100 valence electrons. The molecule has 0 atom stereocenters. The molecule has 19 heavy (non-hydrogen) atoms. The van der Waals surface area contributed by atoms with Crippen LogP contribution in [-0.2, 0) is 15.7 Å². The molecule has 0 saturated carbocycles. The minimum absolute atomic E-state index is 0.243. The zero-order chi connectivity index (χ0) is 14.3. The van der Waals surface area contributed by atoms with Crippen LogP contribution in [-0.4, -0.2) is 23.3 Å². The summed E-state index contributed by atoms with van der Waals surface area (Å²) in [6.07, 6.45) is 1.79. The maximum Gasteiger partial charge on any atom is 0.497 e. The van der Waals surface area contributed by atoms with Crippen molar-refractivity contribution in [2.45, 2.75) is 45.3 Å². The van der Waals surface area contributed by atoms with E-state index in [1.54, 1.807) is 12.3 Å². The number of pyridine rings is 1. The van der Waals surface area contributed by atoms with Crippen molar-refractivity contribution >= 4 is 18.3 Å². The van der Waals surface area contributed by atoms with Crippen LogP contribution in [0.2, 0.25) is 0 Å². The Morgan fingerprint density at radius 1 is 1.32 bits per heavy atom. The van der Waals surface area contributed by atoms with Crippen LogP contribution >= 0.6 is 0 Å². The summed E-state index contributed by atoms with van der Waals surface area (Å²) in [4.78, 5) is 4.11. The predicted molar refractivity (Wildman–Crippen MR) is 73.7 cm³/mol. The molecular weight excluding hydrogens is 241 g/mol. The molecule has 1 fully saturated rings. The Morgan fingerprint density at radius 3 is 2.42 bits per heavy atom. The van der Waals surface area contributed by atoms with Gasteiger partial charge >= 0.3 is 7.12 Å².